The summed E-state index contributed by atoms with van der Waals surface area (Å²) in [7, 11) is 0. The van der Waals surface area contributed by atoms with E-state index >= 15 is 0 Å². The van der Waals surface area contributed by atoms with Gasteiger partial charge in [0.05, 0.1) is 17.6 Å². The van der Waals surface area contributed by atoms with Crippen LogP contribution in [0.4, 0.5) is 5.82 Å². The third-order valence-electron chi connectivity index (χ3n) is 3.58. The smallest absolute Gasteiger partial charge is 0.144 e. The number of hydrogen-bond donors (Lipinski definition) is 1. The first-order valence-electron chi connectivity index (χ1n) is 6.45. The molecular weight excluding hydrogens is 212 g/mol. The summed E-state index contributed by atoms with van der Waals surface area (Å²) in [6, 6.07) is 0. The van der Waals surface area contributed by atoms with Crippen molar-refractivity contribution in [2.24, 2.45) is 5.92 Å². The molecule has 1 atom stereocenters. The lowest BCUT2D eigenvalue weighted by Crippen LogP contribution is -2.22. The second-order valence-corrected chi connectivity index (χ2v) is 4.85. The fourth-order valence-corrected chi connectivity index (χ4v) is 2.24. The molecule has 1 aliphatic heterocycles. The number of aryl methyl sites for hydroxylation is 2. The summed E-state index contributed by atoms with van der Waals surface area (Å²) >= 11 is 0. The maximum atomic E-state index is 4.49. The van der Waals surface area contributed by atoms with Gasteiger partial charge in [0.1, 0.15) is 5.82 Å². The third kappa shape index (κ3) is 3.16. The molecule has 0 aromatic carbocycles. The normalized spacial score (nSPS) is 20.8. The summed E-state index contributed by atoms with van der Waals surface area (Å²) in [5.74, 6) is 1.65. The van der Waals surface area contributed by atoms with Gasteiger partial charge in [-0.1, -0.05) is 6.92 Å². The van der Waals surface area contributed by atoms with Gasteiger partial charge in [0.2, 0.25) is 0 Å². The summed E-state index contributed by atoms with van der Waals surface area (Å²) in [4.78, 5) is 11.3. The molecule has 4 heteroatoms. The molecule has 0 saturated carbocycles. The van der Waals surface area contributed by atoms with Gasteiger partial charge < -0.3 is 10.2 Å². The zero-order valence-electron chi connectivity index (χ0n) is 11.0. The standard InChI is InChI=1S/C13H22N4/c1-4-17-6-5-12(9-17)7-15-13-8-14-10(2)11(3)16-13/h8,12H,4-7,9H2,1-3H3,(H,15,16). The first-order valence-corrected chi connectivity index (χ1v) is 6.45. The van der Waals surface area contributed by atoms with E-state index < -0.39 is 0 Å². The van der Waals surface area contributed by atoms with E-state index in [1.54, 1.807) is 0 Å². The van der Waals surface area contributed by atoms with Gasteiger partial charge in [-0.2, -0.15) is 0 Å². The summed E-state index contributed by atoms with van der Waals surface area (Å²) in [6.07, 6.45) is 3.12. The van der Waals surface area contributed by atoms with Crippen LogP contribution in [-0.4, -0.2) is 41.0 Å². The molecule has 0 spiro atoms. The minimum Gasteiger partial charge on any atom is -0.368 e. The second-order valence-electron chi connectivity index (χ2n) is 4.85. The van der Waals surface area contributed by atoms with E-state index in [1.165, 1.54) is 26.1 Å². The van der Waals surface area contributed by atoms with Gasteiger partial charge in [-0.3, -0.25) is 4.98 Å². The first kappa shape index (κ1) is 12.3. The molecule has 4 nitrogen and oxygen atoms in total. The Hall–Kier alpha value is -1.16. The van der Waals surface area contributed by atoms with Crippen LogP contribution in [0.15, 0.2) is 6.20 Å². The van der Waals surface area contributed by atoms with Gasteiger partial charge in [0, 0.05) is 13.1 Å². The van der Waals surface area contributed by atoms with Crippen LogP contribution in [0.25, 0.3) is 0 Å². The average Bonchev–Trinajstić information content (AvgIpc) is 2.79. The fraction of sp³-hybridized carbons (Fsp3) is 0.692. The van der Waals surface area contributed by atoms with Crippen LogP contribution in [0.2, 0.25) is 0 Å². The molecule has 1 saturated heterocycles. The molecule has 1 fully saturated rings. The number of likely N-dealkylation sites (tertiary alicyclic amines) is 1. The van der Waals surface area contributed by atoms with Gasteiger partial charge in [-0.05, 0) is 39.3 Å². The Morgan fingerprint density at radius 2 is 2.24 bits per heavy atom. The Morgan fingerprint density at radius 1 is 1.41 bits per heavy atom. The van der Waals surface area contributed by atoms with Crippen LogP contribution < -0.4 is 5.32 Å². The highest BCUT2D eigenvalue weighted by Gasteiger charge is 2.20. The van der Waals surface area contributed by atoms with Crippen molar-refractivity contribution in [3.8, 4) is 0 Å². The highest BCUT2D eigenvalue weighted by Crippen LogP contribution is 2.16. The molecule has 0 aliphatic carbocycles. The molecule has 2 heterocycles. The number of hydrogen-bond acceptors (Lipinski definition) is 4. The minimum absolute atomic E-state index is 0.748. The quantitative estimate of drug-likeness (QED) is 0.863. The summed E-state index contributed by atoms with van der Waals surface area (Å²) < 4.78 is 0. The largest absolute Gasteiger partial charge is 0.368 e. The van der Waals surface area contributed by atoms with Crippen LogP contribution in [0.1, 0.15) is 24.7 Å². The third-order valence-corrected chi connectivity index (χ3v) is 3.58. The summed E-state index contributed by atoms with van der Waals surface area (Å²) in [5.41, 5.74) is 2.02. The average molecular weight is 234 g/mol. The maximum absolute atomic E-state index is 4.49. The molecule has 1 aromatic heterocycles. The van der Waals surface area contributed by atoms with Crippen LogP contribution in [0, 0.1) is 19.8 Å². The van der Waals surface area contributed by atoms with Crippen LogP contribution in [0.3, 0.4) is 0 Å². The molecule has 94 valence electrons. The van der Waals surface area contributed by atoms with Crippen molar-refractivity contribution in [1.82, 2.24) is 14.9 Å². The van der Waals surface area contributed by atoms with Crippen molar-refractivity contribution in [2.75, 3.05) is 31.5 Å². The zero-order valence-corrected chi connectivity index (χ0v) is 11.0. The van der Waals surface area contributed by atoms with E-state index in [-0.39, 0.29) is 0 Å². The lowest BCUT2D eigenvalue weighted by molar-refractivity contribution is 0.345. The highest BCUT2D eigenvalue weighted by atomic mass is 15.1. The Balaban J connectivity index is 1.84. The zero-order chi connectivity index (χ0) is 12.3. The molecule has 1 aromatic rings. The van der Waals surface area contributed by atoms with E-state index in [0.717, 1.165) is 29.7 Å². The first-order chi connectivity index (χ1) is 8.19. The van der Waals surface area contributed by atoms with Crippen molar-refractivity contribution < 1.29 is 0 Å². The predicted molar refractivity (Wildman–Crippen MR) is 70.2 cm³/mol. The maximum Gasteiger partial charge on any atom is 0.144 e. The monoisotopic (exact) mass is 234 g/mol. The molecule has 1 unspecified atom stereocenters. The Morgan fingerprint density at radius 3 is 2.88 bits per heavy atom. The fourth-order valence-electron chi connectivity index (χ4n) is 2.24. The van der Waals surface area contributed by atoms with E-state index in [9.17, 15) is 0 Å². The molecule has 1 N–H and O–H groups in total. The van der Waals surface area contributed by atoms with Crippen molar-refractivity contribution in [3.05, 3.63) is 17.6 Å². The number of rotatable bonds is 4. The molecule has 0 radical (unpaired) electrons. The number of nitrogens with one attached hydrogen (secondary N) is 1. The molecule has 0 bridgehead atoms. The SMILES string of the molecule is CCN1CCC(CNc2cnc(C)c(C)n2)C1. The van der Waals surface area contributed by atoms with Crippen LogP contribution >= 0.6 is 0 Å². The van der Waals surface area contributed by atoms with Gasteiger partial charge >= 0.3 is 0 Å². The lowest BCUT2D eigenvalue weighted by atomic mass is 10.1. The Bertz CT molecular complexity index is 378. The van der Waals surface area contributed by atoms with Crippen molar-refractivity contribution in [2.45, 2.75) is 27.2 Å². The highest BCUT2D eigenvalue weighted by molar-refractivity contribution is 5.33. The molecule has 2 rings (SSSR count). The van der Waals surface area contributed by atoms with Crippen LogP contribution in [-0.2, 0) is 0 Å². The number of nitrogens with zero attached hydrogens (tertiary/aromatic N) is 3. The van der Waals surface area contributed by atoms with Gasteiger partial charge in [-0.25, -0.2) is 4.98 Å². The lowest BCUT2D eigenvalue weighted by Gasteiger charge is -2.14. The molecule has 0 amide bonds. The van der Waals surface area contributed by atoms with Gasteiger partial charge in [-0.15, -0.1) is 0 Å². The van der Waals surface area contributed by atoms with E-state index in [4.69, 9.17) is 0 Å². The van der Waals surface area contributed by atoms with E-state index in [0.29, 0.717) is 0 Å². The topological polar surface area (TPSA) is 41.0 Å². The van der Waals surface area contributed by atoms with E-state index in [1.807, 2.05) is 20.0 Å². The summed E-state index contributed by atoms with van der Waals surface area (Å²) in [6.45, 7) is 10.8. The minimum atomic E-state index is 0.748. The van der Waals surface area contributed by atoms with Crippen LogP contribution in [0.5, 0.6) is 0 Å². The number of anilines is 1. The second kappa shape index (κ2) is 5.45. The Labute approximate surface area is 103 Å². The van der Waals surface area contributed by atoms with Crippen molar-refractivity contribution in [3.63, 3.8) is 0 Å². The Kier molecular flexibility index (Phi) is 3.94. The molecule has 1 aliphatic rings. The van der Waals surface area contributed by atoms with Gasteiger partial charge in [0.25, 0.3) is 0 Å². The van der Waals surface area contributed by atoms with Gasteiger partial charge in [0.15, 0.2) is 0 Å². The number of aromatic nitrogens is 2. The van der Waals surface area contributed by atoms with Crippen molar-refractivity contribution >= 4 is 5.82 Å². The molecular formula is C13H22N4. The summed E-state index contributed by atoms with van der Waals surface area (Å²) in [5, 5.41) is 3.40. The van der Waals surface area contributed by atoms with Crippen molar-refractivity contribution in [1.29, 1.82) is 0 Å². The molecule has 17 heavy (non-hydrogen) atoms. The van der Waals surface area contributed by atoms with E-state index in [2.05, 4.69) is 27.1 Å². The predicted octanol–water partition coefficient (Wildman–Crippen LogP) is 1.85.